The molecule has 0 atom stereocenters. The van der Waals surface area contributed by atoms with E-state index >= 15 is 0 Å². The molecule has 0 unspecified atom stereocenters. The Kier molecular flexibility index (Phi) is 5.92. The van der Waals surface area contributed by atoms with E-state index in [1.807, 2.05) is 18.2 Å². The van der Waals surface area contributed by atoms with Crippen LogP contribution in [0.1, 0.15) is 0 Å². The highest BCUT2D eigenvalue weighted by Gasteiger charge is 2.31. The molecule has 0 N–H and O–H groups in total. The Balaban J connectivity index is 1.16. The maximum Gasteiger partial charge on any atom is 0.228 e. The van der Waals surface area contributed by atoms with Crippen molar-refractivity contribution < 1.29 is 4.42 Å². The van der Waals surface area contributed by atoms with Crippen LogP contribution < -0.4 is 4.90 Å². The first-order valence-corrected chi connectivity index (χ1v) is 17.3. The van der Waals surface area contributed by atoms with Crippen molar-refractivity contribution in [1.29, 1.82) is 0 Å². The number of rotatable bonds is 3. The highest BCUT2D eigenvalue weighted by atomic mass is 16.3. The fraction of sp³-hybridized carbons (Fsp3) is 0. The lowest BCUT2D eigenvalue weighted by atomic mass is 9.96. The normalized spacial score (nSPS) is 12.3. The number of aromatic nitrogens is 2. The Hall–Kier alpha value is -6.91. The minimum Gasteiger partial charge on any atom is -0.438 e. The summed E-state index contributed by atoms with van der Waals surface area (Å²) in [7, 11) is 0. The molecule has 0 amide bonds. The van der Waals surface area contributed by atoms with Gasteiger partial charge in [-0.1, -0.05) is 121 Å². The van der Waals surface area contributed by atoms with Crippen molar-refractivity contribution in [2.45, 2.75) is 0 Å². The van der Waals surface area contributed by atoms with Crippen molar-refractivity contribution in [3.05, 3.63) is 176 Å². The van der Waals surface area contributed by atoms with Gasteiger partial charge in [0.25, 0.3) is 0 Å². The zero-order valence-electron chi connectivity index (χ0n) is 27.5. The molecule has 0 fully saturated rings. The van der Waals surface area contributed by atoms with Crippen LogP contribution in [-0.2, 0) is 0 Å². The highest BCUT2D eigenvalue weighted by Crippen LogP contribution is 2.54. The van der Waals surface area contributed by atoms with Gasteiger partial charge in [-0.25, -0.2) is 4.98 Å². The molecule has 1 aliphatic heterocycles. The largest absolute Gasteiger partial charge is 0.438 e. The molecule has 4 heteroatoms. The molecule has 10 aromatic rings. The van der Waals surface area contributed by atoms with E-state index in [0.29, 0.717) is 5.71 Å². The SMILES string of the molecule is c1ccc(-n2c3c(c4ccccc42)-c2ccccc2N(c2ccc(-c4c5ccccc5nc5oc6ccccc6c45)cc2)c2ccccc2-3)cc1. The van der Waals surface area contributed by atoms with Crippen molar-refractivity contribution in [2.75, 3.05) is 4.90 Å². The zero-order chi connectivity index (χ0) is 33.5. The third-order valence-corrected chi connectivity index (χ3v) is 10.3. The van der Waals surface area contributed by atoms with Crippen LogP contribution >= 0.6 is 0 Å². The molecular weight excluding hydrogens is 623 g/mol. The predicted molar refractivity (Wildman–Crippen MR) is 210 cm³/mol. The van der Waals surface area contributed by atoms with Crippen molar-refractivity contribution in [1.82, 2.24) is 9.55 Å². The fourth-order valence-electron chi connectivity index (χ4n) is 8.23. The van der Waals surface area contributed by atoms with Crippen LogP contribution in [0.2, 0.25) is 0 Å². The minimum atomic E-state index is 0.660. The lowest BCUT2D eigenvalue weighted by Gasteiger charge is -2.27. The van der Waals surface area contributed by atoms with E-state index in [1.165, 1.54) is 33.3 Å². The van der Waals surface area contributed by atoms with Gasteiger partial charge in [-0.2, -0.15) is 0 Å². The Labute approximate surface area is 294 Å². The predicted octanol–water partition coefficient (Wildman–Crippen LogP) is 12.9. The second kappa shape index (κ2) is 10.8. The van der Waals surface area contributed by atoms with Gasteiger partial charge < -0.3 is 13.9 Å². The van der Waals surface area contributed by atoms with E-state index in [-0.39, 0.29) is 0 Å². The fourth-order valence-corrected chi connectivity index (χ4v) is 8.23. The highest BCUT2D eigenvalue weighted by molar-refractivity contribution is 6.19. The van der Waals surface area contributed by atoms with Crippen LogP contribution in [0, 0.1) is 0 Å². The number of benzene rings is 7. The topological polar surface area (TPSA) is 34.2 Å². The van der Waals surface area contributed by atoms with Gasteiger partial charge in [0.15, 0.2) is 0 Å². The summed E-state index contributed by atoms with van der Waals surface area (Å²) in [5.74, 6) is 0. The van der Waals surface area contributed by atoms with Gasteiger partial charge in [0.2, 0.25) is 5.71 Å². The van der Waals surface area contributed by atoms with E-state index in [1.54, 1.807) is 0 Å². The average Bonchev–Trinajstić information content (AvgIpc) is 3.70. The summed E-state index contributed by atoms with van der Waals surface area (Å²) in [5, 5.41) is 4.46. The number of nitrogens with zero attached hydrogens (tertiary/aromatic N) is 3. The molecule has 0 aliphatic carbocycles. The molecule has 7 aromatic carbocycles. The van der Waals surface area contributed by atoms with Crippen LogP contribution in [0.3, 0.4) is 0 Å². The van der Waals surface area contributed by atoms with E-state index in [0.717, 1.165) is 61.1 Å². The van der Waals surface area contributed by atoms with Gasteiger partial charge in [0, 0.05) is 49.8 Å². The molecule has 238 valence electrons. The lowest BCUT2D eigenvalue weighted by molar-refractivity contribution is 0.656. The summed E-state index contributed by atoms with van der Waals surface area (Å²) in [4.78, 5) is 7.36. The van der Waals surface area contributed by atoms with Gasteiger partial charge in [-0.15, -0.1) is 0 Å². The summed E-state index contributed by atoms with van der Waals surface area (Å²) in [6.45, 7) is 0. The van der Waals surface area contributed by atoms with Crippen LogP contribution in [0.25, 0.3) is 83.1 Å². The van der Waals surface area contributed by atoms with Crippen molar-refractivity contribution in [2.24, 2.45) is 0 Å². The molecule has 1 aliphatic rings. The number of hydrogen-bond acceptors (Lipinski definition) is 3. The van der Waals surface area contributed by atoms with E-state index in [9.17, 15) is 0 Å². The summed E-state index contributed by atoms with van der Waals surface area (Å²) < 4.78 is 8.74. The van der Waals surface area contributed by atoms with E-state index in [2.05, 4.69) is 167 Å². The quantitative estimate of drug-likeness (QED) is 0.191. The molecule has 4 heterocycles. The second-order valence-corrected chi connectivity index (χ2v) is 13.1. The molecule has 3 aromatic heterocycles. The third-order valence-electron chi connectivity index (χ3n) is 10.3. The summed E-state index contributed by atoms with van der Waals surface area (Å²) in [6.07, 6.45) is 0. The van der Waals surface area contributed by atoms with Crippen LogP contribution in [-0.4, -0.2) is 9.55 Å². The van der Waals surface area contributed by atoms with Crippen molar-refractivity contribution in [3.8, 4) is 39.2 Å². The average molecular weight is 652 g/mol. The summed E-state index contributed by atoms with van der Waals surface area (Å²) in [6, 6.07) is 62.7. The summed E-state index contributed by atoms with van der Waals surface area (Å²) >= 11 is 0. The molecule has 0 saturated carbocycles. The van der Waals surface area contributed by atoms with E-state index in [4.69, 9.17) is 9.40 Å². The van der Waals surface area contributed by atoms with Crippen LogP contribution in [0.15, 0.2) is 180 Å². The summed E-state index contributed by atoms with van der Waals surface area (Å²) in [5.41, 5.74) is 15.2. The number of anilines is 3. The maximum absolute atomic E-state index is 6.31. The van der Waals surface area contributed by atoms with Crippen molar-refractivity contribution in [3.63, 3.8) is 0 Å². The number of hydrogen-bond donors (Lipinski definition) is 0. The maximum atomic E-state index is 6.31. The lowest BCUT2D eigenvalue weighted by Crippen LogP contribution is -2.11. The van der Waals surface area contributed by atoms with Crippen LogP contribution in [0.5, 0.6) is 0 Å². The number of fused-ring (bicyclic) bond motifs is 11. The first-order valence-electron chi connectivity index (χ1n) is 17.3. The molecule has 4 nitrogen and oxygen atoms in total. The molecule has 11 rings (SSSR count). The Bertz CT molecular complexity index is 2970. The molecule has 0 radical (unpaired) electrons. The first kappa shape index (κ1) is 28.0. The Morgan fingerprint density at radius 1 is 0.451 bits per heavy atom. The molecule has 0 bridgehead atoms. The molecule has 51 heavy (non-hydrogen) atoms. The first-order chi connectivity index (χ1) is 25.3. The third kappa shape index (κ3) is 4.05. The molecule has 0 spiro atoms. The molecular formula is C47H29N3O. The van der Waals surface area contributed by atoms with E-state index < -0.39 is 0 Å². The van der Waals surface area contributed by atoms with Gasteiger partial charge >= 0.3 is 0 Å². The van der Waals surface area contributed by atoms with Crippen LogP contribution in [0.4, 0.5) is 17.1 Å². The zero-order valence-corrected chi connectivity index (χ0v) is 27.5. The monoisotopic (exact) mass is 651 g/mol. The van der Waals surface area contributed by atoms with Gasteiger partial charge in [-0.3, -0.25) is 0 Å². The number of furan rings is 1. The standard InChI is InChI=1S/C47H29N3O/c1-2-14-31(15-3-1)50-40-23-11-6-18-35(40)44-34-17-5-10-22-39(34)49(41-24-12-7-19-36(41)46(44)50)32-28-26-30(27-29-32)43-33-16-4-9-21-38(33)48-47-45(43)37-20-8-13-25-42(37)51-47/h1-29H. The van der Waals surface area contributed by atoms with Gasteiger partial charge in [-0.05, 0) is 60.2 Å². The van der Waals surface area contributed by atoms with Gasteiger partial charge in [0.1, 0.15) is 5.58 Å². The molecule has 0 saturated heterocycles. The van der Waals surface area contributed by atoms with Crippen molar-refractivity contribution >= 4 is 60.9 Å². The smallest absolute Gasteiger partial charge is 0.228 e. The van der Waals surface area contributed by atoms with Gasteiger partial charge in [0.05, 0.1) is 33.5 Å². The second-order valence-electron chi connectivity index (χ2n) is 13.1. The number of para-hydroxylation sites is 6. The Morgan fingerprint density at radius 3 is 1.90 bits per heavy atom. The minimum absolute atomic E-state index is 0.660. The Morgan fingerprint density at radius 2 is 1.08 bits per heavy atom. The number of pyridine rings is 1.